The van der Waals surface area contributed by atoms with E-state index >= 15 is 0 Å². The molecule has 0 saturated carbocycles. The number of carbonyl (C=O) groups is 1. The lowest BCUT2D eigenvalue weighted by Gasteiger charge is -2.31. The van der Waals surface area contributed by atoms with Gasteiger partial charge >= 0.3 is 6.03 Å². The lowest BCUT2D eigenvalue weighted by Crippen LogP contribution is -2.41. The Morgan fingerprint density at radius 1 is 1.03 bits per heavy atom. The van der Waals surface area contributed by atoms with Crippen LogP contribution in [0.1, 0.15) is 18.9 Å². The molecule has 30 heavy (non-hydrogen) atoms. The second kappa shape index (κ2) is 8.81. The van der Waals surface area contributed by atoms with Crippen LogP contribution in [0.3, 0.4) is 0 Å². The number of anilines is 1. The van der Waals surface area contributed by atoms with E-state index < -0.39 is 0 Å². The number of urea groups is 1. The van der Waals surface area contributed by atoms with E-state index in [1.165, 1.54) is 0 Å². The van der Waals surface area contributed by atoms with Crippen molar-refractivity contribution >= 4 is 11.7 Å². The largest absolute Gasteiger partial charge is 0.493 e. The van der Waals surface area contributed by atoms with Crippen LogP contribution in [0.4, 0.5) is 10.5 Å². The van der Waals surface area contributed by atoms with Crippen molar-refractivity contribution < 1.29 is 14.3 Å². The Bertz CT molecular complexity index is 999. The van der Waals surface area contributed by atoms with Crippen LogP contribution < -0.4 is 14.8 Å². The van der Waals surface area contributed by atoms with E-state index in [0.29, 0.717) is 30.4 Å². The molecule has 0 spiro atoms. The summed E-state index contributed by atoms with van der Waals surface area (Å²) in [6, 6.07) is 15.0. The van der Waals surface area contributed by atoms with Gasteiger partial charge in [-0.15, -0.1) is 10.2 Å². The van der Waals surface area contributed by atoms with Crippen LogP contribution in [0.2, 0.25) is 0 Å². The number of methoxy groups -OCH3 is 2. The Hall–Kier alpha value is -3.62. The number of ether oxygens (including phenoxy) is 2. The fourth-order valence-electron chi connectivity index (χ4n) is 3.49. The van der Waals surface area contributed by atoms with E-state index in [0.717, 1.165) is 24.1 Å². The second-order valence-corrected chi connectivity index (χ2v) is 7.02. The van der Waals surface area contributed by atoms with E-state index in [1.54, 1.807) is 19.0 Å². The van der Waals surface area contributed by atoms with Crippen molar-refractivity contribution in [2.75, 3.05) is 32.6 Å². The Labute approximate surface area is 174 Å². The van der Waals surface area contributed by atoms with Gasteiger partial charge in [0.15, 0.2) is 11.5 Å². The van der Waals surface area contributed by atoms with Crippen LogP contribution in [0.15, 0.2) is 48.5 Å². The maximum absolute atomic E-state index is 12.5. The van der Waals surface area contributed by atoms with Gasteiger partial charge in [0.05, 0.1) is 20.3 Å². The quantitative estimate of drug-likeness (QED) is 0.697. The topological polar surface area (TPSA) is 94.4 Å². The number of benzene rings is 2. The molecule has 156 valence electrons. The zero-order valence-electron chi connectivity index (χ0n) is 17.0. The highest BCUT2D eigenvalue weighted by atomic mass is 16.5. The van der Waals surface area contributed by atoms with Gasteiger partial charge in [-0.25, -0.2) is 4.79 Å². The van der Waals surface area contributed by atoms with Gasteiger partial charge in [0, 0.05) is 24.3 Å². The molecule has 0 unspecified atom stereocenters. The second-order valence-electron chi connectivity index (χ2n) is 7.02. The van der Waals surface area contributed by atoms with Gasteiger partial charge in [-0.1, -0.05) is 18.2 Å². The van der Waals surface area contributed by atoms with E-state index in [-0.39, 0.29) is 12.1 Å². The van der Waals surface area contributed by atoms with E-state index in [4.69, 9.17) is 9.47 Å². The summed E-state index contributed by atoms with van der Waals surface area (Å²) >= 11 is 0. The Balaban J connectivity index is 1.38. The molecule has 1 fully saturated rings. The number of aromatic nitrogens is 4. The summed E-state index contributed by atoms with van der Waals surface area (Å²) < 4.78 is 10.6. The van der Waals surface area contributed by atoms with E-state index in [1.807, 2.05) is 53.4 Å². The number of tetrazole rings is 1. The number of nitrogens with zero attached hydrogens (tertiary/aromatic N) is 5. The van der Waals surface area contributed by atoms with Crippen molar-refractivity contribution in [3.8, 4) is 22.9 Å². The first-order valence-corrected chi connectivity index (χ1v) is 9.81. The molecule has 0 aliphatic carbocycles. The molecule has 9 nitrogen and oxygen atoms in total. The van der Waals surface area contributed by atoms with Gasteiger partial charge in [0.1, 0.15) is 0 Å². The minimum Gasteiger partial charge on any atom is -0.493 e. The van der Waals surface area contributed by atoms with Crippen LogP contribution in [0.5, 0.6) is 11.5 Å². The predicted octanol–water partition coefficient (Wildman–Crippen LogP) is 3.23. The molecule has 1 aromatic heterocycles. The number of likely N-dealkylation sites (tertiary alicyclic amines) is 1. The smallest absolute Gasteiger partial charge is 0.321 e. The molecule has 1 aliphatic heterocycles. The standard InChI is InChI=1S/C21H24N6O3/c1-29-18-9-8-15(14-19(18)30-2)20-23-25-27(24-20)17-10-12-26(13-11-17)21(28)22-16-6-4-3-5-7-16/h3-9,14,17H,10-13H2,1-2H3,(H,22,28). The number of piperidine rings is 1. The average Bonchev–Trinajstić information content (AvgIpc) is 3.29. The summed E-state index contributed by atoms with van der Waals surface area (Å²) in [4.78, 5) is 15.9. The lowest BCUT2D eigenvalue weighted by atomic mass is 10.1. The van der Waals surface area contributed by atoms with E-state index in [2.05, 4.69) is 20.7 Å². The summed E-state index contributed by atoms with van der Waals surface area (Å²) in [5.74, 6) is 1.79. The van der Waals surface area contributed by atoms with Crippen molar-refractivity contribution in [1.82, 2.24) is 25.1 Å². The van der Waals surface area contributed by atoms with Crippen molar-refractivity contribution in [3.63, 3.8) is 0 Å². The van der Waals surface area contributed by atoms with Gasteiger partial charge in [-0.2, -0.15) is 4.80 Å². The number of carbonyl (C=O) groups excluding carboxylic acids is 1. The fraction of sp³-hybridized carbons (Fsp3) is 0.333. The lowest BCUT2D eigenvalue weighted by molar-refractivity contribution is 0.175. The van der Waals surface area contributed by atoms with Gasteiger partial charge in [0.25, 0.3) is 0 Å². The SMILES string of the molecule is COc1ccc(-c2nnn(C3CCN(C(=O)Nc4ccccc4)CC3)n2)cc1OC. The summed E-state index contributed by atoms with van der Waals surface area (Å²) in [7, 11) is 3.19. The number of amides is 2. The summed E-state index contributed by atoms with van der Waals surface area (Å²) in [6.45, 7) is 1.27. The number of para-hydroxylation sites is 1. The Kier molecular flexibility index (Phi) is 5.78. The predicted molar refractivity (Wildman–Crippen MR) is 112 cm³/mol. The normalized spacial score (nSPS) is 14.4. The first-order chi connectivity index (χ1) is 14.7. The molecule has 2 aromatic carbocycles. The Morgan fingerprint density at radius 3 is 2.47 bits per heavy atom. The number of nitrogens with one attached hydrogen (secondary N) is 1. The molecule has 1 saturated heterocycles. The van der Waals surface area contributed by atoms with Gasteiger partial charge in [0.2, 0.25) is 5.82 Å². The highest BCUT2D eigenvalue weighted by molar-refractivity contribution is 5.89. The molecule has 1 aliphatic rings. The number of hydrogen-bond donors (Lipinski definition) is 1. The number of rotatable bonds is 5. The minimum atomic E-state index is -0.0859. The zero-order valence-corrected chi connectivity index (χ0v) is 17.0. The molecule has 9 heteroatoms. The maximum atomic E-state index is 12.5. The molecule has 0 atom stereocenters. The van der Waals surface area contributed by atoms with Crippen LogP contribution in [-0.4, -0.2) is 58.4 Å². The molecule has 1 N–H and O–H groups in total. The minimum absolute atomic E-state index is 0.0859. The molecule has 4 rings (SSSR count). The molecular formula is C21H24N6O3. The number of hydrogen-bond acceptors (Lipinski definition) is 6. The highest BCUT2D eigenvalue weighted by Crippen LogP contribution is 2.31. The fourth-order valence-corrected chi connectivity index (χ4v) is 3.49. The molecular weight excluding hydrogens is 384 g/mol. The third-order valence-corrected chi connectivity index (χ3v) is 5.17. The van der Waals surface area contributed by atoms with Crippen molar-refractivity contribution in [3.05, 3.63) is 48.5 Å². The molecule has 3 aromatic rings. The molecule has 0 bridgehead atoms. The molecule has 0 radical (unpaired) electrons. The van der Waals surface area contributed by atoms with Crippen LogP contribution in [-0.2, 0) is 0 Å². The monoisotopic (exact) mass is 408 g/mol. The Morgan fingerprint density at radius 2 is 1.77 bits per heavy atom. The average molecular weight is 408 g/mol. The third-order valence-electron chi connectivity index (χ3n) is 5.17. The first kappa shape index (κ1) is 19.7. The summed E-state index contributed by atoms with van der Waals surface area (Å²) in [6.07, 6.45) is 1.54. The third kappa shape index (κ3) is 4.19. The summed E-state index contributed by atoms with van der Waals surface area (Å²) in [5, 5.41) is 15.9. The first-order valence-electron chi connectivity index (χ1n) is 9.81. The van der Waals surface area contributed by atoms with Gasteiger partial charge < -0.3 is 19.7 Å². The van der Waals surface area contributed by atoms with Crippen molar-refractivity contribution in [1.29, 1.82) is 0 Å². The molecule has 2 heterocycles. The van der Waals surface area contributed by atoms with Crippen LogP contribution >= 0.6 is 0 Å². The van der Waals surface area contributed by atoms with Crippen molar-refractivity contribution in [2.24, 2.45) is 0 Å². The van der Waals surface area contributed by atoms with Gasteiger partial charge in [-0.3, -0.25) is 0 Å². The van der Waals surface area contributed by atoms with Crippen LogP contribution in [0.25, 0.3) is 11.4 Å². The molecule has 2 amide bonds. The highest BCUT2D eigenvalue weighted by Gasteiger charge is 2.26. The van der Waals surface area contributed by atoms with Crippen LogP contribution in [0, 0.1) is 0 Å². The maximum Gasteiger partial charge on any atom is 0.321 e. The summed E-state index contributed by atoms with van der Waals surface area (Å²) in [5.41, 5.74) is 1.60. The van der Waals surface area contributed by atoms with Crippen molar-refractivity contribution in [2.45, 2.75) is 18.9 Å². The van der Waals surface area contributed by atoms with Gasteiger partial charge in [-0.05, 0) is 48.4 Å². The van der Waals surface area contributed by atoms with E-state index in [9.17, 15) is 4.79 Å². The zero-order chi connectivity index (χ0) is 20.9.